The van der Waals surface area contributed by atoms with Crippen LogP contribution >= 0.6 is 11.3 Å². The smallest absolute Gasteiger partial charge is 0.111 e. The molecule has 1 unspecified atom stereocenters. The lowest BCUT2D eigenvalue weighted by Gasteiger charge is -2.25. The molecule has 18 heavy (non-hydrogen) atoms. The van der Waals surface area contributed by atoms with Gasteiger partial charge in [0.05, 0.1) is 6.04 Å². The molecule has 0 radical (unpaired) electrons. The normalized spacial score (nSPS) is 23.2. The summed E-state index contributed by atoms with van der Waals surface area (Å²) in [7, 11) is 4.43. The summed E-state index contributed by atoms with van der Waals surface area (Å²) in [5.74, 6) is 0. The molecular formula is C13H24N4S. The third kappa shape index (κ3) is 3.51. The van der Waals surface area contributed by atoms with E-state index in [9.17, 15) is 0 Å². The van der Waals surface area contributed by atoms with Crippen molar-refractivity contribution in [3.05, 3.63) is 16.1 Å². The Kier molecular flexibility index (Phi) is 5.12. The predicted octanol–water partition coefficient (Wildman–Crippen LogP) is 1.56. The van der Waals surface area contributed by atoms with E-state index < -0.39 is 0 Å². The molecule has 1 aromatic heterocycles. The SMILES string of the molecule is CCNCc1cnc(C2CN(C)CCCN2C)s1. The molecule has 1 saturated heterocycles. The van der Waals surface area contributed by atoms with Crippen LogP contribution < -0.4 is 5.32 Å². The Morgan fingerprint density at radius 1 is 1.44 bits per heavy atom. The number of nitrogens with one attached hydrogen (secondary N) is 1. The van der Waals surface area contributed by atoms with Crippen LogP contribution in [0.1, 0.15) is 29.3 Å². The van der Waals surface area contributed by atoms with E-state index >= 15 is 0 Å². The average molecular weight is 268 g/mol. The van der Waals surface area contributed by atoms with Crippen molar-refractivity contribution in [2.45, 2.75) is 25.9 Å². The van der Waals surface area contributed by atoms with Gasteiger partial charge in [-0.15, -0.1) is 11.3 Å². The van der Waals surface area contributed by atoms with Gasteiger partial charge in [0.1, 0.15) is 5.01 Å². The van der Waals surface area contributed by atoms with Gasteiger partial charge in [0, 0.05) is 24.2 Å². The van der Waals surface area contributed by atoms with Gasteiger partial charge in [-0.25, -0.2) is 4.98 Å². The molecule has 1 N–H and O–H groups in total. The molecule has 0 aliphatic carbocycles. The van der Waals surface area contributed by atoms with Gasteiger partial charge in [-0.3, -0.25) is 4.90 Å². The molecule has 0 bridgehead atoms. The first-order chi connectivity index (χ1) is 8.70. The van der Waals surface area contributed by atoms with Crippen LogP contribution in [-0.4, -0.2) is 55.1 Å². The average Bonchev–Trinajstić information content (AvgIpc) is 2.75. The Balaban J connectivity index is 2.05. The molecule has 1 atom stereocenters. The van der Waals surface area contributed by atoms with Gasteiger partial charge in [0.15, 0.2) is 0 Å². The fourth-order valence-electron chi connectivity index (χ4n) is 2.35. The van der Waals surface area contributed by atoms with Gasteiger partial charge in [0.2, 0.25) is 0 Å². The molecule has 0 saturated carbocycles. The van der Waals surface area contributed by atoms with Crippen molar-refractivity contribution in [3.8, 4) is 0 Å². The quantitative estimate of drug-likeness (QED) is 0.898. The van der Waals surface area contributed by atoms with E-state index in [2.05, 4.69) is 41.1 Å². The van der Waals surface area contributed by atoms with E-state index in [4.69, 9.17) is 0 Å². The van der Waals surface area contributed by atoms with Gasteiger partial charge >= 0.3 is 0 Å². The molecule has 0 aromatic carbocycles. The molecule has 0 spiro atoms. The zero-order valence-corrected chi connectivity index (χ0v) is 12.5. The van der Waals surface area contributed by atoms with Gasteiger partial charge < -0.3 is 10.2 Å². The van der Waals surface area contributed by atoms with Crippen molar-refractivity contribution in [1.82, 2.24) is 20.1 Å². The summed E-state index contributed by atoms with van der Waals surface area (Å²) in [4.78, 5) is 10.8. The zero-order chi connectivity index (χ0) is 13.0. The van der Waals surface area contributed by atoms with Gasteiger partial charge in [-0.05, 0) is 40.2 Å². The molecule has 1 aliphatic rings. The maximum atomic E-state index is 4.63. The second-order valence-electron chi connectivity index (χ2n) is 5.06. The van der Waals surface area contributed by atoms with Crippen LogP contribution in [-0.2, 0) is 6.54 Å². The summed E-state index contributed by atoms with van der Waals surface area (Å²) in [5, 5.41) is 4.62. The highest BCUT2D eigenvalue weighted by molar-refractivity contribution is 7.11. The number of likely N-dealkylation sites (N-methyl/N-ethyl adjacent to an activating group) is 2. The van der Waals surface area contributed by atoms with Crippen molar-refractivity contribution >= 4 is 11.3 Å². The van der Waals surface area contributed by atoms with Gasteiger partial charge in [0.25, 0.3) is 0 Å². The number of aromatic nitrogens is 1. The zero-order valence-electron chi connectivity index (χ0n) is 11.6. The maximum Gasteiger partial charge on any atom is 0.111 e. The topological polar surface area (TPSA) is 31.4 Å². The lowest BCUT2D eigenvalue weighted by Crippen LogP contribution is -2.30. The highest BCUT2D eigenvalue weighted by Crippen LogP contribution is 2.26. The lowest BCUT2D eigenvalue weighted by molar-refractivity contribution is 0.228. The molecule has 2 heterocycles. The van der Waals surface area contributed by atoms with Crippen molar-refractivity contribution in [2.24, 2.45) is 0 Å². The van der Waals surface area contributed by atoms with Crippen LogP contribution in [0.3, 0.4) is 0 Å². The molecule has 1 fully saturated rings. The third-order valence-corrected chi connectivity index (χ3v) is 4.57. The standard InChI is InChI=1S/C13H24N4S/c1-4-14-8-11-9-15-13(18-11)12-10-16(2)6-5-7-17(12)3/h9,12,14H,4-8,10H2,1-3H3. The van der Waals surface area contributed by atoms with E-state index in [1.807, 2.05) is 17.5 Å². The first-order valence-electron chi connectivity index (χ1n) is 6.74. The Bertz CT molecular complexity index is 366. The minimum Gasteiger partial charge on any atom is -0.312 e. The summed E-state index contributed by atoms with van der Waals surface area (Å²) < 4.78 is 0. The van der Waals surface area contributed by atoms with E-state index in [-0.39, 0.29) is 0 Å². The van der Waals surface area contributed by atoms with Crippen LogP contribution in [0.5, 0.6) is 0 Å². The highest BCUT2D eigenvalue weighted by atomic mass is 32.1. The number of thiazole rings is 1. The number of hydrogen-bond donors (Lipinski definition) is 1. The fraction of sp³-hybridized carbons (Fsp3) is 0.769. The lowest BCUT2D eigenvalue weighted by atomic mass is 10.2. The number of rotatable bonds is 4. The second kappa shape index (κ2) is 6.61. The molecule has 1 aromatic rings. The van der Waals surface area contributed by atoms with E-state index in [1.165, 1.54) is 22.9 Å². The minimum absolute atomic E-state index is 0.456. The molecule has 1 aliphatic heterocycles. The van der Waals surface area contributed by atoms with Crippen LogP contribution in [0.2, 0.25) is 0 Å². The van der Waals surface area contributed by atoms with Crippen molar-refractivity contribution in [2.75, 3.05) is 40.3 Å². The Hall–Kier alpha value is -0.490. The number of nitrogens with zero attached hydrogens (tertiary/aromatic N) is 3. The Morgan fingerprint density at radius 2 is 2.28 bits per heavy atom. The van der Waals surface area contributed by atoms with Crippen molar-refractivity contribution in [1.29, 1.82) is 0 Å². The summed E-state index contributed by atoms with van der Waals surface area (Å²) in [6, 6.07) is 0.456. The molecule has 5 heteroatoms. The van der Waals surface area contributed by atoms with E-state index in [0.29, 0.717) is 6.04 Å². The van der Waals surface area contributed by atoms with E-state index in [0.717, 1.165) is 26.2 Å². The first-order valence-corrected chi connectivity index (χ1v) is 7.56. The van der Waals surface area contributed by atoms with Crippen LogP contribution in [0.25, 0.3) is 0 Å². The summed E-state index contributed by atoms with van der Waals surface area (Å²) in [6.45, 7) is 7.54. The predicted molar refractivity (Wildman–Crippen MR) is 77.0 cm³/mol. The monoisotopic (exact) mass is 268 g/mol. The molecule has 0 amide bonds. The second-order valence-corrected chi connectivity index (χ2v) is 6.20. The molecule has 102 valence electrons. The fourth-order valence-corrected chi connectivity index (χ4v) is 3.39. The molecular weight excluding hydrogens is 244 g/mol. The first kappa shape index (κ1) is 13.9. The van der Waals surface area contributed by atoms with Gasteiger partial charge in [-0.2, -0.15) is 0 Å². The highest BCUT2D eigenvalue weighted by Gasteiger charge is 2.24. The summed E-state index contributed by atoms with van der Waals surface area (Å²) in [6.07, 6.45) is 3.28. The van der Waals surface area contributed by atoms with Crippen molar-refractivity contribution in [3.63, 3.8) is 0 Å². The van der Waals surface area contributed by atoms with Crippen molar-refractivity contribution < 1.29 is 0 Å². The minimum atomic E-state index is 0.456. The Labute approximate surface area is 114 Å². The molecule has 2 rings (SSSR count). The summed E-state index contributed by atoms with van der Waals surface area (Å²) in [5.41, 5.74) is 0. The van der Waals surface area contributed by atoms with Crippen LogP contribution in [0, 0.1) is 0 Å². The maximum absolute atomic E-state index is 4.63. The molecule has 4 nitrogen and oxygen atoms in total. The third-order valence-electron chi connectivity index (χ3n) is 3.47. The summed E-state index contributed by atoms with van der Waals surface area (Å²) >= 11 is 1.85. The Morgan fingerprint density at radius 3 is 3.06 bits per heavy atom. The van der Waals surface area contributed by atoms with Gasteiger partial charge in [-0.1, -0.05) is 6.92 Å². The number of hydrogen-bond acceptors (Lipinski definition) is 5. The van der Waals surface area contributed by atoms with Crippen LogP contribution in [0.4, 0.5) is 0 Å². The largest absolute Gasteiger partial charge is 0.312 e. The van der Waals surface area contributed by atoms with Crippen LogP contribution in [0.15, 0.2) is 6.20 Å². The van der Waals surface area contributed by atoms with E-state index in [1.54, 1.807) is 0 Å².